The maximum atomic E-state index is 13.6. The number of halogens is 5. The smallest absolute Gasteiger partial charge is 0.419 e. The molecule has 116 valence electrons. The molecule has 22 heavy (non-hydrogen) atoms. The second-order valence-corrected chi connectivity index (χ2v) is 4.31. The first-order valence-electron chi connectivity index (χ1n) is 6.00. The van der Waals surface area contributed by atoms with Crippen LogP contribution in [0, 0.1) is 11.6 Å². The summed E-state index contributed by atoms with van der Waals surface area (Å²) in [5, 5.41) is 0. The van der Waals surface area contributed by atoms with Gasteiger partial charge in [-0.2, -0.15) is 13.2 Å². The van der Waals surface area contributed by atoms with Crippen LogP contribution >= 0.6 is 0 Å². The van der Waals surface area contributed by atoms with Gasteiger partial charge < -0.3 is 4.74 Å². The van der Waals surface area contributed by atoms with Gasteiger partial charge in [-0.3, -0.25) is 4.79 Å². The predicted octanol–water partition coefficient (Wildman–Crippen LogP) is 4.22. The first-order valence-corrected chi connectivity index (χ1v) is 6.00. The third-order valence-electron chi connectivity index (χ3n) is 2.97. The SMILES string of the molecule is COc1c(C(=O)c2cccc(F)c2F)cccc1C(F)(F)F. The van der Waals surface area contributed by atoms with Gasteiger partial charge in [-0.05, 0) is 24.3 Å². The number of ether oxygens (including phenoxy) is 1. The molecule has 0 atom stereocenters. The standard InChI is InChI=1S/C15H9F5O2/c1-22-14-9(5-2-6-10(14)15(18,19)20)13(21)8-4-3-7-11(16)12(8)17/h2-7H,1H3. The van der Waals surface area contributed by atoms with E-state index in [1.807, 2.05) is 0 Å². The summed E-state index contributed by atoms with van der Waals surface area (Å²) in [7, 11) is 0.962. The van der Waals surface area contributed by atoms with Gasteiger partial charge in [0.1, 0.15) is 5.75 Å². The molecule has 0 radical (unpaired) electrons. The molecule has 2 aromatic rings. The molecule has 2 rings (SSSR count). The van der Waals surface area contributed by atoms with Crippen molar-refractivity contribution in [3.63, 3.8) is 0 Å². The maximum Gasteiger partial charge on any atom is 0.419 e. The van der Waals surface area contributed by atoms with Gasteiger partial charge in [-0.15, -0.1) is 0 Å². The molecule has 0 aliphatic rings. The van der Waals surface area contributed by atoms with E-state index in [2.05, 4.69) is 4.74 Å². The van der Waals surface area contributed by atoms with Crippen LogP contribution in [0.3, 0.4) is 0 Å². The molecule has 2 aromatic carbocycles. The molecule has 0 saturated heterocycles. The molecule has 0 bridgehead atoms. The van der Waals surface area contributed by atoms with E-state index in [0.717, 1.165) is 43.5 Å². The van der Waals surface area contributed by atoms with Gasteiger partial charge in [-0.25, -0.2) is 8.78 Å². The Morgan fingerprint density at radius 2 is 1.59 bits per heavy atom. The Labute approximate surface area is 122 Å². The maximum absolute atomic E-state index is 13.6. The highest BCUT2D eigenvalue weighted by atomic mass is 19.4. The van der Waals surface area contributed by atoms with Crippen LogP contribution in [0.4, 0.5) is 22.0 Å². The van der Waals surface area contributed by atoms with E-state index in [1.165, 1.54) is 0 Å². The summed E-state index contributed by atoms with van der Waals surface area (Å²) in [6.07, 6.45) is -4.75. The number of alkyl halides is 3. The van der Waals surface area contributed by atoms with E-state index >= 15 is 0 Å². The number of rotatable bonds is 3. The minimum absolute atomic E-state index is 0.498. The van der Waals surface area contributed by atoms with E-state index < -0.39 is 46.0 Å². The largest absolute Gasteiger partial charge is 0.495 e. The lowest BCUT2D eigenvalue weighted by Gasteiger charge is -2.15. The van der Waals surface area contributed by atoms with Crippen LogP contribution in [0.25, 0.3) is 0 Å². The van der Waals surface area contributed by atoms with Gasteiger partial charge in [0.25, 0.3) is 0 Å². The van der Waals surface area contributed by atoms with E-state index in [4.69, 9.17) is 0 Å². The fourth-order valence-corrected chi connectivity index (χ4v) is 1.98. The van der Waals surface area contributed by atoms with Gasteiger partial charge in [0.05, 0.1) is 23.8 Å². The Balaban J connectivity index is 2.62. The molecule has 0 aromatic heterocycles. The van der Waals surface area contributed by atoms with Crippen LogP contribution in [0.15, 0.2) is 36.4 Å². The molecule has 0 fully saturated rings. The van der Waals surface area contributed by atoms with Crippen molar-refractivity contribution >= 4 is 5.78 Å². The van der Waals surface area contributed by atoms with Crippen LogP contribution in [-0.2, 0) is 6.18 Å². The summed E-state index contributed by atoms with van der Waals surface area (Å²) in [6, 6.07) is 5.66. The molecule has 0 amide bonds. The predicted molar refractivity (Wildman–Crippen MR) is 67.8 cm³/mol. The summed E-state index contributed by atoms with van der Waals surface area (Å²) in [6.45, 7) is 0. The highest BCUT2D eigenvalue weighted by Gasteiger charge is 2.36. The zero-order valence-electron chi connectivity index (χ0n) is 11.2. The van der Waals surface area contributed by atoms with Crippen molar-refractivity contribution in [2.45, 2.75) is 6.18 Å². The Bertz CT molecular complexity index is 722. The lowest BCUT2D eigenvalue weighted by atomic mass is 9.99. The Morgan fingerprint density at radius 3 is 2.18 bits per heavy atom. The van der Waals surface area contributed by atoms with Crippen LogP contribution in [0.5, 0.6) is 5.75 Å². The number of para-hydroxylation sites is 1. The fraction of sp³-hybridized carbons (Fsp3) is 0.133. The number of carbonyl (C=O) groups is 1. The topological polar surface area (TPSA) is 26.3 Å². The molecule has 0 heterocycles. The summed E-state index contributed by atoms with van der Waals surface area (Å²) < 4.78 is 70.2. The monoisotopic (exact) mass is 316 g/mol. The van der Waals surface area contributed by atoms with Crippen LogP contribution < -0.4 is 4.74 Å². The van der Waals surface area contributed by atoms with Gasteiger partial charge in [0.15, 0.2) is 17.4 Å². The van der Waals surface area contributed by atoms with E-state index in [1.54, 1.807) is 0 Å². The number of benzene rings is 2. The number of hydrogen-bond acceptors (Lipinski definition) is 2. The number of methoxy groups -OCH3 is 1. The highest BCUT2D eigenvalue weighted by Crippen LogP contribution is 2.38. The van der Waals surface area contributed by atoms with Crippen molar-refractivity contribution in [1.82, 2.24) is 0 Å². The van der Waals surface area contributed by atoms with E-state index in [0.29, 0.717) is 0 Å². The van der Waals surface area contributed by atoms with Gasteiger partial charge in [0, 0.05) is 0 Å². The second-order valence-electron chi connectivity index (χ2n) is 4.31. The van der Waals surface area contributed by atoms with Gasteiger partial charge in [0.2, 0.25) is 0 Å². The Kier molecular flexibility index (Phi) is 4.16. The molecule has 0 saturated carbocycles. The zero-order valence-corrected chi connectivity index (χ0v) is 11.2. The van der Waals surface area contributed by atoms with Crippen molar-refractivity contribution < 1.29 is 31.5 Å². The molecule has 0 aliphatic heterocycles. The molecule has 2 nitrogen and oxygen atoms in total. The number of hydrogen-bond donors (Lipinski definition) is 0. The van der Waals surface area contributed by atoms with Crippen LogP contribution in [0.2, 0.25) is 0 Å². The van der Waals surface area contributed by atoms with Crippen molar-refractivity contribution in [3.8, 4) is 5.75 Å². The minimum atomic E-state index is -4.75. The summed E-state index contributed by atoms with van der Waals surface area (Å²) in [5.41, 5.74) is -2.34. The Hall–Kier alpha value is -2.44. The van der Waals surface area contributed by atoms with E-state index in [9.17, 15) is 26.7 Å². The number of ketones is 1. The minimum Gasteiger partial charge on any atom is -0.495 e. The molecular formula is C15H9F5O2. The molecule has 0 spiro atoms. The first kappa shape index (κ1) is 15.9. The lowest BCUT2D eigenvalue weighted by Crippen LogP contribution is -2.13. The molecule has 7 heteroatoms. The zero-order chi connectivity index (χ0) is 16.5. The normalized spacial score (nSPS) is 11.4. The molecule has 0 N–H and O–H groups in total. The van der Waals surface area contributed by atoms with Crippen molar-refractivity contribution in [3.05, 3.63) is 64.7 Å². The quantitative estimate of drug-likeness (QED) is 0.626. The Morgan fingerprint density at radius 1 is 1.00 bits per heavy atom. The summed E-state index contributed by atoms with van der Waals surface area (Å²) in [4.78, 5) is 12.2. The van der Waals surface area contributed by atoms with Crippen molar-refractivity contribution in [2.24, 2.45) is 0 Å². The summed E-state index contributed by atoms with van der Waals surface area (Å²) >= 11 is 0. The summed E-state index contributed by atoms with van der Waals surface area (Å²) in [5.74, 6) is -4.52. The molecular weight excluding hydrogens is 307 g/mol. The molecule has 0 unspecified atom stereocenters. The third kappa shape index (κ3) is 2.79. The average Bonchev–Trinajstić information content (AvgIpc) is 2.47. The average molecular weight is 316 g/mol. The van der Waals surface area contributed by atoms with Crippen LogP contribution in [0.1, 0.15) is 21.5 Å². The second kappa shape index (κ2) is 5.75. The lowest BCUT2D eigenvalue weighted by molar-refractivity contribution is -0.138. The molecule has 0 aliphatic carbocycles. The first-order chi connectivity index (χ1) is 10.3. The highest BCUT2D eigenvalue weighted by molar-refractivity contribution is 6.11. The van der Waals surface area contributed by atoms with Gasteiger partial charge >= 0.3 is 6.18 Å². The third-order valence-corrected chi connectivity index (χ3v) is 2.97. The van der Waals surface area contributed by atoms with Crippen molar-refractivity contribution in [2.75, 3.05) is 7.11 Å². The van der Waals surface area contributed by atoms with E-state index in [-0.39, 0.29) is 0 Å². The van der Waals surface area contributed by atoms with Crippen LogP contribution in [-0.4, -0.2) is 12.9 Å². The van der Waals surface area contributed by atoms with Crippen molar-refractivity contribution in [1.29, 1.82) is 0 Å². The number of carbonyl (C=O) groups excluding carboxylic acids is 1. The van der Waals surface area contributed by atoms with Gasteiger partial charge in [-0.1, -0.05) is 12.1 Å². The fourth-order valence-electron chi connectivity index (χ4n) is 1.98.